The Morgan fingerprint density at radius 3 is 2.46 bits per heavy atom. The van der Waals surface area contributed by atoms with Crippen LogP contribution in [0.25, 0.3) is 0 Å². The fraction of sp³-hybridized carbons (Fsp3) is 0.520. The second-order valence-corrected chi connectivity index (χ2v) is 10.1. The lowest BCUT2D eigenvalue weighted by Gasteiger charge is -2.47. The van der Waals surface area contributed by atoms with Crippen molar-refractivity contribution < 1.29 is 24.2 Å². The lowest BCUT2D eigenvalue weighted by Crippen LogP contribution is -2.55. The van der Waals surface area contributed by atoms with Crippen molar-refractivity contribution in [2.45, 2.75) is 70.3 Å². The molecule has 10 heteroatoms. The number of piperidine rings is 2. The molecule has 2 fully saturated rings. The molecule has 0 radical (unpaired) electrons. The number of ether oxygens (including phenoxy) is 1. The van der Waals surface area contributed by atoms with E-state index in [2.05, 4.69) is 5.10 Å². The Hall–Kier alpha value is -3.07. The van der Waals surface area contributed by atoms with E-state index < -0.39 is 12.1 Å². The van der Waals surface area contributed by atoms with Crippen molar-refractivity contribution in [1.82, 2.24) is 19.6 Å². The third-order valence-electron chi connectivity index (χ3n) is 7.33. The maximum Gasteiger partial charge on any atom is 0.410 e. The van der Waals surface area contributed by atoms with Crippen molar-refractivity contribution in [3.8, 4) is 0 Å². The van der Waals surface area contributed by atoms with E-state index in [0.717, 1.165) is 30.5 Å². The molecule has 3 aliphatic heterocycles. The number of carbonyl (C=O) groups excluding carboxylic acids is 2. The number of carbonyl (C=O) groups is 3. The summed E-state index contributed by atoms with van der Waals surface area (Å²) in [6.45, 7) is 1.62. The molecule has 2 bridgehead atoms. The number of carboxylic acid groups (broad SMARTS) is 1. The van der Waals surface area contributed by atoms with E-state index in [1.165, 1.54) is 0 Å². The Morgan fingerprint density at radius 1 is 1.06 bits per heavy atom. The van der Waals surface area contributed by atoms with Crippen molar-refractivity contribution in [2.24, 2.45) is 5.92 Å². The second kappa shape index (κ2) is 9.89. The van der Waals surface area contributed by atoms with Gasteiger partial charge in [-0.3, -0.25) is 14.3 Å². The standard InChI is InChI=1S/C25H29ClN4O5/c26-18-7-5-16(6-8-18)15-35-25(34)28-9-2-10-29-21(14-28)13-22(27-29)23(31)30-19-3-1-4-20(30)12-17(11-19)24(32)33/h5-8,13,17,19-20H,1-4,9-12,14-15H2,(H,32,33). The Kier molecular flexibility index (Phi) is 6.69. The predicted octanol–water partition coefficient (Wildman–Crippen LogP) is 3.94. The second-order valence-electron chi connectivity index (χ2n) is 9.66. The van der Waals surface area contributed by atoms with Gasteiger partial charge in [-0.05, 0) is 62.3 Å². The number of hydrogen-bond acceptors (Lipinski definition) is 5. The minimum atomic E-state index is -0.772. The van der Waals surface area contributed by atoms with E-state index in [0.29, 0.717) is 49.6 Å². The number of aromatic nitrogens is 2. The van der Waals surface area contributed by atoms with Crippen LogP contribution in [0.4, 0.5) is 4.79 Å². The van der Waals surface area contributed by atoms with E-state index in [1.54, 1.807) is 27.8 Å². The lowest BCUT2D eigenvalue weighted by molar-refractivity contribution is -0.145. The summed E-state index contributed by atoms with van der Waals surface area (Å²) < 4.78 is 7.30. The molecule has 1 aromatic heterocycles. The minimum Gasteiger partial charge on any atom is -0.481 e. The topological polar surface area (TPSA) is 105 Å². The van der Waals surface area contributed by atoms with Crippen molar-refractivity contribution in [3.63, 3.8) is 0 Å². The third-order valence-corrected chi connectivity index (χ3v) is 7.58. The summed E-state index contributed by atoms with van der Waals surface area (Å²) in [5, 5.41) is 14.7. The molecule has 186 valence electrons. The highest BCUT2D eigenvalue weighted by Gasteiger charge is 2.43. The first-order valence-corrected chi connectivity index (χ1v) is 12.5. The highest BCUT2D eigenvalue weighted by atomic mass is 35.5. The first-order chi connectivity index (χ1) is 16.9. The van der Waals surface area contributed by atoms with Crippen LogP contribution in [0.2, 0.25) is 5.02 Å². The van der Waals surface area contributed by atoms with Crippen LogP contribution in [-0.2, 0) is 29.2 Å². The first kappa shape index (κ1) is 23.7. The Labute approximate surface area is 208 Å². The number of fused-ring (bicyclic) bond motifs is 3. The average Bonchev–Trinajstić information content (AvgIpc) is 3.13. The zero-order valence-electron chi connectivity index (χ0n) is 19.4. The number of hydrogen-bond donors (Lipinski definition) is 1. The van der Waals surface area contributed by atoms with Gasteiger partial charge in [0.15, 0.2) is 5.69 Å². The highest BCUT2D eigenvalue weighted by Crippen LogP contribution is 2.38. The van der Waals surface area contributed by atoms with Crippen molar-refractivity contribution >= 4 is 29.6 Å². The van der Waals surface area contributed by atoms with Gasteiger partial charge in [0.1, 0.15) is 6.61 Å². The summed E-state index contributed by atoms with van der Waals surface area (Å²) in [4.78, 5) is 41.3. The van der Waals surface area contributed by atoms with Gasteiger partial charge in [-0.2, -0.15) is 5.10 Å². The Bertz CT molecular complexity index is 1100. The zero-order valence-corrected chi connectivity index (χ0v) is 20.2. The summed E-state index contributed by atoms with van der Waals surface area (Å²) in [5.41, 5.74) is 2.01. The molecule has 9 nitrogen and oxygen atoms in total. The number of nitrogens with zero attached hydrogens (tertiary/aromatic N) is 4. The van der Waals surface area contributed by atoms with E-state index >= 15 is 0 Å². The van der Waals surface area contributed by atoms with Gasteiger partial charge >= 0.3 is 12.1 Å². The summed E-state index contributed by atoms with van der Waals surface area (Å²) in [7, 11) is 0. The van der Waals surface area contributed by atoms with Crippen LogP contribution in [0.5, 0.6) is 0 Å². The van der Waals surface area contributed by atoms with Crippen LogP contribution in [-0.4, -0.2) is 61.3 Å². The molecule has 2 saturated heterocycles. The number of halogens is 1. The van der Waals surface area contributed by atoms with E-state index in [-0.39, 0.29) is 30.5 Å². The molecular weight excluding hydrogens is 472 g/mol. The molecule has 2 unspecified atom stereocenters. The smallest absolute Gasteiger partial charge is 0.410 e. The molecule has 4 heterocycles. The number of amides is 2. The molecule has 0 saturated carbocycles. The minimum absolute atomic E-state index is 0.0584. The van der Waals surface area contributed by atoms with Gasteiger partial charge in [0.05, 0.1) is 18.2 Å². The maximum absolute atomic E-state index is 13.5. The van der Waals surface area contributed by atoms with Crippen LogP contribution in [0.3, 0.4) is 0 Å². The molecular formula is C25H29ClN4O5. The van der Waals surface area contributed by atoms with Gasteiger partial charge in [-0.15, -0.1) is 0 Å². The number of rotatable bonds is 4. The molecule has 1 N–H and O–H groups in total. The normalized spacial score (nSPS) is 23.9. The number of benzene rings is 1. The molecule has 1 aromatic carbocycles. The molecule has 3 aliphatic rings. The maximum atomic E-state index is 13.5. The predicted molar refractivity (Wildman–Crippen MR) is 127 cm³/mol. The number of aliphatic carboxylic acids is 1. The number of carboxylic acids is 1. The third kappa shape index (κ3) is 5.00. The fourth-order valence-electron chi connectivity index (χ4n) is 5.59. The van der Waals surface area contributed by atoms with Crippen LogP contribution in [0.15, 0.2) is 30.3 Å². The molecule has 2 amide bonds. The van der Waals surface area contributed by atoms with Crippen LogP contribution < -0.4 is 0 Å². The van der Waals surface area contributed by atoms with Gasteiger partial charge in [-0.25, -0.2) is 4.79 Å². The molecule has 0 spiro atoms. The molecule has 0 aliphatic carbocycles. The summed E-state index contributed by atoms with van der Waals surface area (Å²) in [6.07, 6.45) is 3.95. The van der Waals surface area contributed by atoms with Gasteiger partial charge in [0, 0.05) is 30.2 Å². The van der Waals surface area contributed by atoms with Crippen LogP contribution >= 0.6 is 11.6 Å². The van der Waals surface area contributed by atoms with E-state index in [1.807, 2.05) is 17.0 Å². The average molecular weight is 501 g/mol. The lowest BCUT2D eigenvalue weighted by atomic mass is 9.78. The molecule has 5 rings (SSSR count). The van der Waals surface area contributed by atoms with Gasteiger partial charge in [0.25, 0.3) is 5.91 Å². The summed E-state index contributed by atoms with van der Waals surface area (Å²) >= 11 is 5.91. The fourth-order valence-corrected chi connectivity index (χ4v) is 5.71. The highest BCUT2D eigenvalue weighted by molar-refractivity contribution is 6.30. The molecule has 2 atom stereocenters. The number of aryl methyl sites for hydroxylation is 1. The van der Waals surface area contributed by atoms with Crippen molar-refractivity contribution in [2.75, 3.05) is 6.54 Å². The van der Waals surface area contributed by atoms with E-state index in [9.17, 15) is 19.5 Å². The monoisotopic (exact) mass is 500 g/mol. The van der Waals surface area contributed by atoms with Crippen molar-refractivity contribution in [3.05, 3.63) is 52.3 Å². The van der Waals surface area contributed by atoms with Gasteiger partial charge < -0.3 is 19.6 Å². The van der Waals surface area contributed by atoms with E-state index in [4.69, 9.17) is 16.3 Å². The first-order valence-electron chi connectivity index (χ1n) is 12.2. The summed E-state index contributed by atoms with van der Waals surface area (Å²) in [6, 6.07) is 8.80. The van der Waals surface area contributed by atoms with Crippen molar-refractivity contribution in [1.29, 1.82) is 0 Å². The largest absolute Gasteiger partial charge is 0.481 e. The SMILES string of the molecule is O=C(O)C1CC2CCCC(C1)N2C(=O)c1cc2n(n1)CCCN(C(=O)OCc1ccc(Cl)cc1)C2. The molecule has 2 aromatic rings. The summed E-state index contributed by atoms with van der Waals surface area (Å²) in [5.74, 6) is -1.30. The molecule has 35 heavy (non-hydrogen) atoms. The van der Waals surface area contributed by atoms with Crippen LogP contribution in [0.1, 0.15) is 60.3 Å². The Balaban J connectivity index is 1.26. The Morgan fingerprint density at radius 2 is 1.77 bits per heavy atom. The zero-order chi connectivity index (χ0) is 24.5. The van der Waals surface area contributed by atoms with Gasteiger partial charge in [-0.1, -0.05) is 23.7 Å². The quantitative estimate of drug-likeness (QED) is 0.681. The van der Waals surface area contributed by atoms with Gasteiger partial charge in [0.2, 0.25) is 0 Å². The van der Waals surface area contributed by atoms with Crippen LogP contribution in [0, 0.1) is 5.92 Å².